The van der Waals surface area contributed by atoms with Crippen molar-refractivity contribution in [1.29, 1.82) is 0 Å². The average Bonchev–Trinajstić information content (AvgIpc) is 2.64. The molecule has 0 aliphatic heterocycles. The molecule has 0 radical (unpaired) electrons. The molecule has 0 saturated carbocycles. The Morgan fingerprint density at radius 1 is 1.20 bits per heavy atom. The molecule has 1 amide bonds. The van der Waals surface area contributed by atoms with Crippen molar-refractivity contribution in [2.24, 2.45) is 5.92 Å². The number of carbonyl (C=O) groups excluding carboxylic acids is 2. The molecular weight excluding hydrogens is 417 g/mol. The van der Waals surface area contributed by atoms with E-state index in [4.69, 9.17) is 4.74 Å². The van der Waals surface area contributed by atoms with Gasteiger partial charge in [0, 0.05) is 11.5 Å². The summed E-state index contributed by atoms with van der Waals surface area (Å²) >= 11 is 0. The Hall–Kier alpha value is -1.71. The first kappa shape index (κ1) is 28.3. The zero-order chi connectivity index (χ0) is 22.2. The number of carbonyl (C=O) groups is 2. The second-order valence-electron chi connectivity index (χ2n) is 6.74. The predicted octanol–water partition coefficient (Wildman–Crippen LogP) is 2.12. The number of nitrogens with one attached hydrogen (secondary N) is 1. The van der Waals surface area contributed by atoms with Crippen molar-refractivity contribution in [1.82, 2.24) is 5.32 Å². The van der Waals surface area contributed by atoms with E-state index in [1.54, 1.807) is 12.2 Å². The monoisotopic (exact) mass is 445 g/mol. The van der Waals surface area contributed by atoms with Gasteiger partial charge in [0.2, 0.25) is 5.91 Å². The van der Waals surface area contributed by atoms with E-state index in [9.17, 15) is 22.6 Å². The second-order valence-corrected chi connectivity index (χ2v) is 8.31. The van der Waals surface area contributed by atoms with Gasteiger partial charge >= 0.3 is 35.5 Å². The van der Waals surface area contributed by atoms with Crippen molar-refractivity contribution in [3.05, 3.63) is 66.8 Å². The standard InChI is InChI=1S/C21H27NO6S.Na.H/c1-6-19(23)22-18(13-12-17-10-8-7-9-11-17)15(4)20(29(25,26)27)16(5)28-21(24)14(2)3;;/h6-13,15-16,18,20H,1-2H2,3-5H3,(H,22,23)(H,25,26,27);;. The van der Waals surface area contributed by atoms with Gasteiger partial charge in [-0.25, -0.2) is 4.79 Å². The van der Waals surface area contributed by atoms with E-state index in [1.807, 2.05) is 30.3 Å². The quantitative estimate of drug-likeness (QED) is 0.247. The molecule has 0 aromatic heterocycles. The van der Waals surface area contributed by atoms with Gasteiger partial charge in [0.05, 0.1) is 6.04 Å². The summed E-state index contributed by atoms with van der Waals surface area (Å²) in [4.78, 5) is 23.7. The van der Waals surface area contributed by atoms with Crippen molar-refractivity contribution in [2.45, 2.75) is 38.2 Å². The molecule has 2 N–H and O–H groups in total. The zero-order valence-electron chi connectivity index (χ0n) is 16.7. The van der Waals surface area contributed by atoms with Gasteiger partial charge in [0.25, 0.3) is 10.1 Å². The van der Waals surface area contributed by atoms with Gasteiger partial charge in [-0.2, -0.15) is 8.42 Å². The van der Waals surface area contributed by atoms with Crippen molar-refractivity contribution >= 4 is 57.6 Å². The van der Waals surface area contributed by atoms with E-state index in [0.717, 1.165) is 11.6 Å². The maximum atomic E-state index is 12.1. The number of esters is 1. The Bertz CT molecular complexity index is 882. The van der Waals surface area contributed by atoms with Crippen molar-refractivity contribution in [3.63, 3.8) is 0 Å². The van der Waals surface area contributed by atoms with Crippen LogP contribution in [0.2, 0.25) is 0 Å². The molecule has 0 fully saturated rings. The summed E-state index contributed by atoms with van der Waals surface area (Å²) in [7, 11) is -4.62. The van der Waals surface area contributed by atoms with E-state index >= 15 is 0 Å². The number of hydrogen-bond donors (Lipinski definition) is 2. The summed E-state index contributed by atoms with van der Waals surface area (Å²) in [6.45, 7) is 11.2. The Labute approximate surface area is 200 Å². The van der Waals surface area contributed by atoms with Crippen molar-refractivity contribution in [2.75, 3.05) is 0 Å². The van der Waals surface area contributed by atoms with Crippen LogP contribution in [0.4, 0.5) is 0 Å². The van der Waals surface area contributed by atoms with Crippen LogP contribution in [0.3, 0.4) is 0 Å². The number of hydrogen-bond acceptors (Lipinski definition) is 5. The third-order valence-corrected chi connectivity index (χ3v) is 5.82. The molecule has 9 heteroatoms. The van der Waals surface area contributed by atoms with Crippen LogP contribution in [0.5, 0.6) is 0 Å². The summed E-state index contributed by atoms with van der Waals surface area (Å²) in [5.74, 6) is -2.13. The summed E-state index contributed by atoms with van der Waals surface area (Å²) in [6.07, 6.45) is 3.21. The van der Waals surface area contributed by atoms with Gasteiger partial charge in [0.15, 0.2) is 0 Å². The molecule has 0 saturated heterocycles. The molecule has 30 heavy (non-hydrogen) atoms. The molecular formula is C21H28NNaO6S. The van der Waals surface area contributed by atoms with E-state index in [1.165, 1.54) is 20.8 Å². The molecule has 0 spiro atoms. The molecule has 0 heterocycles. The molecule has 0 aliphatic carbocycles. The van der Waals surface area contributed by atoms with Crippen LogP contribution in [0.1, 0.15) is 26.3 Å². The Morgan fingerprint density at radius 3 is 2.23 bits per heavy atom. The molecule has 1 aromatic rings. The van der Waals surface area contributed by atoms with E-state index in [2.05, 4.69) is 18.5 Å². The number of amides is 1. The van der Waals surface area contributed by atoms with Crippen LogP contribution in [0, 0.1) is 5.92 Å². The minimum absolute atomic E-state index is 0. The van der Waals surface area contributed by atoms with Crippen LogP contribution in [-0.2, 0) is 24.4 Å². The summed E-state index contributed by atoms with van der Waals surface area (Å²) in [5, 5.41) is 1.16. The van der Waals surface area contributed by atoms with Crippen molar-refractivity contribution < 1.29 is 27.3 Å². The third kappa shape index (κ3) is 8.97. The van der Waals surface area contributed by atoms with Crippen LogP contribution in [0.15, 0.2) is 61.2 Å². The first-order valence-corrected chi connectivity index (χ1v) is 10.5. The SMILES string of the molecule is C=CC(=O)NC(C=Cc1ccccc1)C(C)C(C(C)OC(=O)C(=C)C)S(=O)(=O)O.[NaH]. The van der Waals surface area contributed by atoms with E-state index in [-0.39, 0.29) is 35.1 Å². The summed E-state index contributed by atoms with van der Waals surface area (Å²) < 4.78 is 39.1. The maximum absolute atomic E-state index is 12.1. The first-order chi connectivity index (χ1) is 13.5. The molecule has 7 nitrogen and oxygen atoms in total. The first-order valence-electron chi connectivity index (χ1n) is 8.96. The van der Waals surface area contributed by atoms with Crippen LogP contribution in [-0.4, -0.2) is 71.8 Å². The van der Waals surface area contributed by atoms with Gasteiger partial charge in [-0.15, -0.1) is 0 Å². The fraction of sp³-hybridized carbons (Fsp3) is 0.333. The van der Waals surface area contributed by atoms with Crippen LogP contribution < -0.4 is 5.32 Å². The van der Waals surface area contributed by atoms with Gasteiger partial charge < -0.3 is 10.1 Å². The predicted molar refractivity (Wildman–Crippen MR) is 120 cm³/mol. The van der Waals surface area contributed by atoms with E-state index in [0.29, 0.717) is 0 Å². The molecule has 1 aromatic carbocycles. The van der Waals surface area contributed by atoms with Gasteiger partial charge in [-0.1, -0.05) is 62.6 Å². The van der Waals surface area contributed by atoms with Gasteiger partial charge in [0.1, 0.15) is 11.4 Å². The van der Waals surface area contributed by atoms with Crippen LogP contribution in [0.25, 0.3) is 6.08 Å². The van der Waals surface area contributed by atoms with Gasteiger partial charge in [-0.3, -0.25) is 9.35 Å². The average molecular weight is 446 g/mol. The molecule has 4 atom stereocenters. The van der Waals surface area contributed by atoms with E-state index < -0.39 is 45.3 Å². The molecule has 160 valence electrons. The fourth-order valence-electron chi connectivity index (χ4n) is 2.84. The zero-order valence-corrected chi connectivity index (χ0v) is 17.6. The number of ether oxygens (including phenoxy) is 1. The number of benzene rings is 1. The molecule has 0 bridgehead atoms. The number of rotatable bonds is 10. The fourth-order valence-corrected chi connectivity index (χ4v) is 4.09. The third-order valence-electron chi connectivity index (χ3n) is 4.32. The molecule has 1 rings (SSSR count). The Balaban J connectivity index is 0.00000841. The second kappa shape index (κ2) is 12.9. The minimum atomic E-state index is -4.62. The summed E-state index contributed by atoms with van der Waals surface area (Å²) in [5.41, 5.74) is 0.932. The topological polar surface area (TPSA) is 110 Å². The Morgan fingerprint density at radius 2 is 1.77 bits per heavy atom. The van der Waals surface area contributed by atoms with Crippen molar-refractivity contribution in [3.8, 4) is 0 Å². The van der Waals surface area contributed by atoms with Gasteiger partial charge in [-0.05, 0) is 25.5 Å². The molecule has 0 aliphatic rings. The molecule has 4 unspecified atom stereocenters. The normalized spacial score (nSPS) is 15.2. The Kier molecular flexibility index (Phi) is 12.1. The van der Waals surface area contributed by atoms with Crippen LogP contribution >= 0.6 is 0 Å². The summed E-state index contributed by atoms with van der Waals surface area (Å²) in [6, 6.07) is 8.40.